The fourth-order valence-corrected chi connectivity index (χ4v) is 1.56. The third kappa shape index (κ3) is 4.40. The zero-order chi connectivity index (χ0) is 12.8. The molecule has 1 heterocycles. The summed E-state index contributed by atoms with van der Waals surface area (Å²) in [5.41, 5.74) is 2.55. The van der Waals surface area contributed by atoms with Crippen molar-refractivity contribution in [3.63, 3.8) is 0 Å². The molecule has 0 fully saturated rings. The van der Waals surface area contributed by atoms with Gasteiger partial charge in [-0.25, -0.2) is 15.8 Å². The van der Waals surface area contributed by atoms with E-state index in [0.717, 1.165) is 12.4 Å². The summed E-state index contributed by atoms with van der Waals surface area (Å²) >= 11 is 1.50. The Labute approximate surface area is 107 Å². The van der Waals surface area contributed by atoms with Gasteiger partial charge in [-0.3, -0.25) is 0 Å². The van der Waals surface area contributed by atoms with Crippen LogP contribution in [0.3, 0.4) is 0 Å². The van der Waals surface area contributed by atoms with E-state index in [1.807, 2.05) is 12.3 Å². The SMILES string of the molecule is CSc1nc(NN)cc(NCC(C)C(C)C)n1. The number of rotatable bonds is 6. The van der Waals surface area contributed by atoms with Crippen molar-refractivity contribution >= 4 is 23.4 Å². The summed E-state index contributed by atoms with van der Waals surface area (Å²) in [5.74, 6) is 8.05. The second-order valence-corrected chi connectivity index (χ2v) is 5.15. The molecule has 4 N–H and O–H groups in total. The van der Waals surface area contributed by atoms with Gasteiger partial charge in [0.25, 0.3) is 0 Å². The Morgan fingerprint density at radius 1 is 1.29 bits per heavy atom. The molecule has 1 rings (SSSR count). The summed E-state index contributed by atoms with van der Waals surface area (Å²) < 4.78 is 0. The molecule has 1 atom stereocenters. The maximum Gasteiger partial charge on any atom is 0.191 e. The quantitative estimate of drug-likeness (QED) is 0.313. The van der Waals surface area contributed by atoms with E-state index in [4.69, 9.17) is 5.84 Å². The van der Waals surface area contributed by atoms with Gasteiger partial charge in [-0.2, -0.15) is 0 Å². The monoisotopic (exact) mass is 255 g/mol. The molecule has 0 aliphatic rings. The first-order valence-electron chi connectivity index (χ1n) is 5.70. The van der Waals surface area contributed by atoms with Gasteiger partial charge in [0.05, 0.1) is 0 Å². The molecule has 0 radical (unpaired) electrons. The number of aromatic nitrogens is 2. The van der Waals surface area contributed by atoms with Crippen molar-refractivity contribution in [3.8, 4) is 0 Å². The van der Waals surface area contributed by atoms with Crippen LogP contribution in [0, 0.1) is 11.8 Å². The minimum Gasteiger partial charge on any atom is -0.370 e. The maximum atomic E-state index is 5.37. The summed E-state index contributed by atoms with van der Waals surface area (Å²) in [7, 11) is 0. The van der Waals surface area contributed by atoms with E-state index >= 15 is 0 Å². The van der Waals surface area contributed by atoms with Gasteiger partial charge in [-0.15, -0.1) is 0 Å². The average Bonchev–Trinajstić information content (AvgIpc) is 2.35. The Kier molecular flexibility index (Phi) is 5.50. The highest BCUT2D eigenvalue weighted by Crippen LogP contribution is 2.17. The van der Waals surface area contributed by atoms with E-state index < -0.39 is 0 Å². The smallest absolute Gasteiger partial charge is 0.191 e. The summed E-state index contributed by atoms with van der Waals surface area (Å²) in [4.78, 5) is 8.58. The summed E-state index contributed by atoms with van der Waals surface area (Å²) in [6, 6.07) is 1.81. The molecule has 17 heavy (non-hydrogen) atoms. The van der Waals surface area contributed by atoms with Crippen LogP contribution in [-0.4, -0.2) is 22.8 Å². The fraction of sp³-hybridized carbons (Fsp3) is 0.636. The van der Waals surface area contributed by atoms with Crippen molar-refractivity contribution in [1.29, 1.82) is 0 Å². The predicted molar refractivity (Wildman–Crippen MR) is 74.1 cm³/mol. The summed E-state index contributed by atoms with van der Waals surface area (Å²) in [5, 5.41) is 4.02. The molecule has 1 aromatic rings. The second kappa shape index (κ2) is 6.66. The minimum atomic E-state index is 0.594. The Hall–Kier alpha value is -1.01. The Balaban J connectivity index is 2.70. The summed E-state index contributed by atoms with van der Waals surface area (Å²) in [6.07, 6.45) is 1.94. The lowest BCUT2D eigenvalue weighted by Gasteiger charge is -2.16. The standard InChI is InChI=1S/C11H21N5S/c1-7(2)8(3)6-13-9-5-10(16-12)15-11(14-9)17-4/h5,7-8H,6,12H2,1-4H3,(H2,13,14,15,16). The van der Waals surface area contributed by atoms with Crippen LogP contribution in [0.4, 0.5) is 11.6 Å². The molecule has 0 saturated carbocycles. The number of hydrazine groups is 1. The van der Waals surface area contributed by atoms with Gasteiger partial charge in [0, 0.05) is 12.6 Å². The number of nitrogens with zero attached hydrogens (tertiary/aromatic N) is 2. The Morgan fingerprint density at radius 3 is 2.47 bits per heavy atom. The summed E-state index contributed by atoms with van der Waals surface area (Å²) in [6.45, 7) is 7.54. The molecule has 0 saturated heterocycles. The first-order chi connectivity index (χ1) is 8.06. The van der Waals surface area contributed by atoms with E-state index in [1.54, 1.807) is 0 Å². The number of nitrogen functional groups attached to an aromatic ring is 1. The van der Waals surface area contributed by atoms with Gasteiger partial charge >= 0.3 is 0 Å². The Morgan fingerprint density at radius 2 is 1.94 bits per heavy atom. The topological polar surface area (TPSA) is 75.9 Å². The predicted octanol–water partition coefficient (Wildman–Crippen LogP) is 2.19. The highest BCUT2D eigenvalue weighted by atomic mass is 32.2. The van der Waals surface area contributed by atoms with Crippen LogP contribution < -0.4 is 16.6 Å². The van der Waals surface area contributed by atoms with Crippen molar-refractivity contribution in [1.82, 2.24) is 9.97 Å². The highest BCUT2D eigenvalue weighted by molar-refractivity contribution is 7.98. The van der Waals surface area contributed by atoms with Crippen LogP contribution in [0.2, 0.25) is 0 Å². The van der Waals surface area contributed by atoms with E-state index in [9.17, 15) is 0 Å². The first kappa shape index (κ1) is 14.1. The van der Waals surface area contributed by atoms with Crippen LogP contribution in [0.1, 0.15) is 20.8 Å². The van der Waals surface area contributed by atoms with Crippen LogP contribution in [-0.2, 0) is 0 Å². The van der Waals surface area contributed by atoms with Crippen molar-refractivity contribution in [2.75, 3.05) is 23.5 Å². The molecule has 0 aliphatic carbocycles. The first-order valence-corrected chi connectivity index (χ1v) is 6.92. The number of thioether (sulfide) groups is 1. The maximum absolute atomic E-state index is 5.37. The molecule has 0 bridgehead atoms. The van der Waals surface area contributed by atoms with Gasteiger partial charge in [0.2, 0.25) is 0 Å². The lowest BCUT2D eigenvalue weighted by atomic mass is 9.98. The van der Waals surface area contributed by atoms with E-state index in [2.05, 4.69) is 41.5 Å². The van der Waals surface area contributed by atoms with Crippen LogP contribution >= 0.6 is 11.8 Å². The molecular weight excluding hydrogens is 234 g/mol. The number of hydrogen-bond donors (Lipinski definition) is 3. The van der Waals surface area contributed by atoms with Crippen molar-refractivity contribution in [2.24, 2.45) is 17.7 Å². The van der Waals surface area contributed by atoms with E-state index in [0.29, 0.717) is 22.8 Å². The normalized spacial score (nSPS) is 12.6. The lowest BCUT2D eigenvalue weighted by molar-refractivity contribution is 0.439. The van der Waals surface area contributed by atoms with Gasteiger partial charge in [0.15, 0.2) is 5.16 Å². The van der Waals surface area contributed by atoms with Gasteiger partial charge in [-0.1, -0.05) is 32.5 Å². The van der Waals surface area contributed by atoms with Gasteiger partial charge in [-0.05, 0) is 18.1 Å². The molecule has 0 amide bonds. The molecule has 1 unspecified atom stereocenters. The number of nitrogens with one attached hydrogen (secondary N) is 2. The van der Waals surface area contributed by atoms with Gasteiger partial charge < -0.3 is 10.7 Å². The van der Waals surface area contributed by atoms with Crippen LogP contribution in [0.15, 0.2) is 11.2 Å². The second-order valence-electron chi connectivity index (χ2n) is 4.37. The zero-order valence-corrected chi connectivity index (χ0v) is 11.6. The number of nitrogens with two attached hydrogens (primary N) is 1. The van der Waals surface area contributed by atoms with Crippen LogP contribution in [0.25, 0.3) is 0 Å². The number of hydrogen-bond acceptors (Lipinski definition) is 6. The van der Waals surface area contributed by atoms with Crippen molar-refractivity contribution in [3.05, 3.63) is 6.07 Å². The Bertz CT molecular complexity index is 333. The lowest BCUT2D eigenvalue weighted by Crippen LogP contribution is -2.17. The molecular formula is C11H21N5S. The van der Waals surface area contributed by atoms with Crippen molar-refractivity contribution < 1.29 is 0 Å². The minimum absolute atomic E-state index is 0.594. The van der Waals surface area contributed by atoms with Crippen molar-refractivity contribution in [2.45, 2.75) is 25.9 Å². The third-order valence-electron chi connectivity index (χ3n) is 2.78. The molecule has 96 valence electrons. The van der Waals surface area contributed by atoms with E-state index in [1.165, 1.54) is 11.8 Å². The molecule has 0 aliphatic heterocycles. The molecule has 5 nitrogen and oxygen atoms in total. The highest BCUT2D eigenvalue weighted by Gasteiger charge is 2.08. The fourth-order valence-electron chi connectivity index (χ4n) is 1.18. The van der Waals surface area contributed by atoms with E-state index in [-0.39, 0.29) is 0 Å². The zero-order valence-electron chi connectivity index (χ0n) is 10.8. The number of anilines is 2. The van der Waals surface area contributed by atoms with Gasteiger partial charge in [0.1, 0.15) is 11.6 Å². The average molecular weight is 255 g/mol. The molecule has 1 aromatic heterocycles. The third-order valence-corrected chi connectivity index (χ3v) is 3.33. The molecule has 6 heteroatoms. The molecule has 0 aromatic carbocycles. The largest absolute Gasteiger partial charge is 0.370 e. The molecule has 0 spiro atoms. The van der Waals surface area contributed by atoms with Crippen LogP contribution in [0.5, 0.6) is 0 Å².